The van der Waals surface area contributed by atoms with Crippen molar-refractivity contribution in [2.45, 2.75) is 25.4 Å². The lowest BCUT2D eigenvalue weighted by Crippen LogP contribution is -2.44. The fourth-order valence-corrected chi connectivity index (χ4v) is 2.26. The van der Waals surface area contributed by atoms with Gasteiger partial charge in [0, 0.05) is 6.61 Å². The van der Waals surface area contributed by atoms with Crippen LogP contribution in [0.5, 0.6) is 0 Å². The molecule has 90 valence electrons. The van der Waals surface area contributed by atoms with Crippen molar-refractivity contribution in [3.05, 3.63) is 0 Å². The van der Waals surface area contributed by atoms with E-state index >= 15 is 0 Å². The molecular weight excluding hydrogens is 232 g/mol. The van der Waals surface area contributed by atoms with E-state index < -0.39 is 28.6 Å². The first-order valence-corrected chi connectivity index (χ1v) is 6.81. The van der Waals surface area contributed by atoms with Gasteiger partial charge in [0.15, 0.2) is 0 Å². The Bertz CT molecular complexity index is 392. The lowest BCUT2D eigenvalue weighted by molar-refractivity contribution is -0.140. The third kappa shape index (κ3) is 3.18. The molecule has 6 nitrogen and oxygen atoms in total. The Balaban J connectivity index is 2.79. The van der Waals surface area contributed by atoms with Crippen molar-refractivity contribution in [2.75, 3.05) is 19.4 Å². The van der Waals surface area contributed by atoms with Gasteiger partial charge < -0.3 is 4.74 Å². The van der Waals surface area contributed by atoms with E-state index in [1.165, 1.54) is 0 Å². The highest BCUT2D eigenvalue weighted by atomic mass is 32.2. The predicted molar refractivity (Wildman–Crippen MR) is 55.8 cm³/mol. The first kappa shape index (κ1) is 12.9. The predicted octanol–water partition coefficient (Wildman–Crippen LogP) is -0.133. The summed E-state index contributed by atoms with van der Waals surface area (Å²) in [6.45, 7) is -0.00190. The molecule has 7 heteroatoms. The normalized spacial score (nSPS) is 21.1. The maximum atomic E-state index is 11.8. The van der Waals surface area contributed by atoms with Crippen LogP contribution < -0.4 is 0 Å². The SMILES string of the molecule is CS(=O)(=O)N(CC#N)C(=O)C1CCCCO1. The maximum absolute atomic E-state index is 11.8. The van der Waals surface area contributed by atoms with E-state index in [-0.39, 0.29) is 0 Å². The van der Waals surface area contributed by atoms with Gasteiger partial charge >= 0.3 is 0 Å². The molecule has 1 aliphatic heterocycles. The Hall–Kier alpha value is -1.13. The summed E-state index contributed by atoms with van der Waals surface area (Å²) in [5, 5.41) is 8.50. The highest BCUT2D eigenvalue weighted by Gasteiger charge is 2.31. The van der Waals surface area contributed by atoms with E-state index in [0.29, 0.717) is 17.3 Å². The molecule has 1 unspecified atom stereocenters. The molecule has 1 rings (SSSR count). The van der Waals surface area contributed by atoms with Gasteiger partial charge in [0.25, 0.3) is 5.91 Å². The lowest BCUT2D eigenvalue weighted by atomic mass is 10.1. The molecule has 1 heterocycles. The van der Waals surface area contributed by atoms with E-state index in [2.05, 4.69) is 0 Å². The molecular formula is C9H14N2O4S. The Morgan fingerprint density at radius 2 is 2.25 bits per heavy atom. The second kappa shape index (κ2) is 5.27. The molecule has 0 aromatic carbocycles. The van der Waals surface area contributed by atoms with Gasteiger partial charge in [0.05, 0.1) is 12.3 Å². The Morgan fingerprint density at radius 3 is 2.69 bits per heavy atom. The summed E-state index contributed by atoms with van der Waals surface area (Å²) in [4.78, 5) is 11.8. The molecule has 1 atom stereocenters. The molecule has 1 amide bonds. The van der Waals surface area contributed by atoms with Crippen LogP contribution in [0.3, 0.4) is 0 Å². The second-order valence-corrected chi connectivity index (χ2v) is 5.53. The number of nitriles is 1. The van der Waals surface area contributed by atoms with Crippen LogP contribution in [0.15, 0.2) is 0 Å². The van der Waals surface area contributed by atoms with Gasteiger partial charge in [0.1, 0.15) is 12.6 Å². The highest BCUT2D eigenvalue weighted by molar-refractivity contribution is 7.88. The molecule has 0 bridgehead atoms. The average molecular weight is 246 g/mol. The van der Waals surface area contributed by atoms with Gasteiger partial charge in [-0.15, -0.1) is 0 Å². The smallest absolute Gasteiger partial charge is 0.266 e. The van der Waals surface area contributed by atoms with Crippen molar-refractivity contribution >= 4 is 15.9 Å². The first-order chi connectivity index (χ1) is 7.46. The van der Waals surface area contributed by atoms with E-state index in [0.717, 1.165) is 19.1 Å². The molecule has 0 radical (unpaired) electrons. The van der Waals surface area contributed by atoms with Gasteiger partial charge in [0.2, 0.25) is 10.0 Å². The first-order valence-electron chi connectivity index (χ1n) is 4.97. The monoisotopic (exact) mass is 246 g/mol. The average Bonchev–Trinajstić information content (AvgIpc) is 2.25. The van der Waals surface area contributed by atoms with Gasteiger partial charge in [-0.2, -0.15) is 5.26 Å². The standard InChI is InChI=1S/C9H14N2O4S/c1-16(13,14)11(6-5-10)9(12)8-4-2-3-7-15-8/h8H,2-4,6-7H2,1H3. The molecule has 0 spiro atoms. The summed E-state index contributed by atoms with van der Waals surface area (Å²) in [5.74, 6) is -0.635. The third-order valence-electron chi connectivity index (χ3n) is 2.32. The van der Waals surface area contributed by atoms with Crippen LogP contribution in [-0.4, -0.2) is 44.1 Å². The fourth-order valence-electron chi connectivity index (χ4n) is 1.52. The third-order valence-corrected chi connectivity index (χ3v) is 3.43. The van der Waals surface area contributed by atoms with Gasteiger partial charge in [-0.1, -0.05) is 0 Å². The minimum absolute atomic E-state index is 0.459. The van der Waals surface area contributed by atoms with Crippen molar-refractivity contribution in [3.8, 4) is 6.07 Å². The number of rotatable bonds is 3. The van der Waals surface area contributed by atoms with Gasteiger partial charge in [-0.05, 0) is 19.3 Å². The summed E-state index contributed by atoms with van der Waals surface area (Å²) < 4.78 is 28.4. The summed E-state index contributed by atoms with van der Waals surface area (Å²) in [6.07, 6.45) is 2.40. The van der Waals surface area contributed by atoms with Gasteiger partial charge in [-0.25, -0.2) is 12.7 Å². The number of hydrogen-bond acceptors (Lipinski definition) is 5. The van der Waals surface area contributed by atoms with Crippen molar-refractivity contribution in [1.29, 1.82) is 5.26 Å². The molecule has 1 fully saturated rings. The van der Waals surface area contributed by atoms with Crippen molar-refractivity contribution < 1.29 is 17.9 Å². The molecule has 0 aliphatic carbocycles. The van der Waals surface area contributed by atoms with E-state index in [9.17, 15) is 13.2 Å². The van der Waals surface area contributed by atoms with E-state index in [1.54, 1.807) is 6.07 Å². The Morgan fingerprint density at radius 1 is 1.56 bits per heavy atom. The lowest BCUT2D eigenvalue weighted by Gasteiger charge is -2.26. The Kier molecular flexibility index (Phi) is 4.26. The Labute approximate surface area is 94.8 Å². The van der Waals surface area contributed by atoms with Crippen LogP contribution in [0, 0.1) is 11.3 Å². The zero-order valence-electron chi connectivity index (χ0n) is 9.05. The van der Waals surface area contributed by atoms with Crippen LogP contribution >= 0.6 is 0 Å². The topological polar surface area (TPSA) is 87.5 Å². The molecule has 0 aromatic rings. The van der Waals surface area contributed by atoms with Crippen molar-refractivity contribution in [2.24, 2.45) is 0 Å². The number of carbonyl (C=O) groups is 1. The van der Waals surface area contributed by atoms with Gasteiger partial charge in [-0.3, -0.25) is 4.79 Å². The quantitative estimate of drug-likeness (QED) is 0.647. The zero-order chi connectivity index (χ0) is 12.2. The van der Waals surface area contributed by atoms with Crippen LogP contribution in [0.2, 0.25) is 0 Å². The number of carbonyl (C=O) groups excluding carboxylic acids is 1. The molecule has 16 heavy (non-hydrogen) atoms. The summed E-state index contributed by atoms with van der Waals surface area (Å²) >= 11 is 0. The van der Waals surface area contributed by atoms with Crippen LogP contribution in [-0.2, 0) is 19.6 Å². The number of hydrogen-bond donors (Lipinski definition) is 0. The zero-order valence-corrected chi connectivity index (χ0v) is 9.87. The number of sulfonamides is 1. The van der Waals surface area contributed by atoms with Crippen LogP contribution in [0.1, 0.15) is 19.3 Å². The van der Waals surface area contributed by atoms with Crippen LogP contribution in [0.4, 0.5) is 0 Å². The molecule has 1 saturated heterocycles. The van der Waals surface area contributed by atoms with Crippen LogP contribution in [0.25, 0.3) is 0 Å². The summed E-state index contributed by atoms with van der Waals surface area (Å²) in [5.41, 5.74) is 0. The summed E-state index contributed by atoms with van der Waals surface area (Å²) in [7, 11) is -3.69. The summed E-state index contributed by atoms with van der Waals surface area (Å²) in [6, 6.07) is 1.66. The minimum atomic E-state index is -3.69. The highest BCUT2D eigenvalue weighted by Crippen LogP contribution is 2.16. The number of nitrogens with zero attached hydrogens (tertiary/aromatic N) is 2. The minimum Gasteiger partial charge on any atom is -0.368 e. The fraction of sp³-hybridized carbons (Fsp3) is 0.778. The second-order valence-electron chi connectivity index (χ2n) is 3.62. The number of amides is 1. The van der Waals surface area contributed by atoms with E-state index in [1.807, 2.05) is 0 Å². The molecule has 0 aromatic heterocycles. The van der Waals surface area contributed by atoms with E-state index in [4.69, 9.17) is 10.00 Å². The number of ether oxygens (including phenoxy) is 1. The van der Waals surface area contributed by atoms with Crippen molar-refractivity contribution in [3.63, 3.8) is 0 Å². The molecule has 1 aliphatic rings. The largest absolute Gasteiger partial charge is 0.368 e. The molecule has 0 saturated carbocycles. The molecule has 0 N–H and O–H groups in total. The maximum Gasteiger partial charge on any atom is 0.266 e. The van der Waals surface area contributed by atoms with Crippen molar-refractivity contribution in [1.82, 2.24) is 4.31 Å².